The van der Waals surface area contributed by atoms with Crippen LogP contribution in [0.15, 0.2) is 18.2 Å². The first kappa shape index (κ1) is 14.8. The van der Waals surface area contributed by atoms with Crippen molar-refractivity contribution >= 4 is 17.3 Å². The molecule has 1 atom stereocenters. The van der Waals surface area contributed by atoms with E-state index in [4.69, 9.17) is 0 Å². The lowest BCUT2D eigenvalue weighted by atomic mass is 9.75. The van der Waals surface area contributed by atoms with Gasteiger partial charge in [-0.15, -0.1) is 0 Å². The SMILES string of the molecule is CC(=O)Nc1cc(NC2CCCC(C)(C)C2)ccc1F. The molecule has 1 aromatic carbocycles. The largest absolute Gasteiger partial charge is 0.382 e. The number of halogens is 1. The Morgan fingerprint density at radius 1 is 1.40 bits per heavy atom. The zero-order valence-corrected chi connectivity index (χ0v) is 12.4. The van der Waals surface area contributed by atoms with Crippen molar-refractivity contribution in [3.63, 3.8) is 0 Å². The maximum Gasteiger partial charge on any atom is 0.221 e. The van der Waals surface area contributed by atoms with Gasteiger partial charge in [0, 0.05) is 18.7 Å². The van der Waals surface area contributed by atoms with Crippen LogP contribution in [0.1, 0.15) is 46.5 Å². The summed E-state index contributed by atoms with van der Waals surface area (Å²) in [5.74, 6) is -0.672. The summed E-state index contributed by atoms with van der Waals surface area (Å²) in [7, 11) is 0. The van der Waals surface area contributed by atoms with Gasteiger partial charge in [-0.3, -0.25) is 4.79 Å². The van der Waals surface area contributed by atoms with E-state index in [-0.39, 0.29) is 11.6 Å². The quantitative estimate of drug-likeness (QED) is 0.871. The van der Waals surface area contributed by atoms with E-state index in [1.807, 2.05) is 0 Å². The van der Waals surface area contributed by atoms with Gasteiger partial charge in [0.15, 0.2) is 0 Å². The molecular weight excluding hydrogens is 255 g/mol. The van der Waals surface area contributed by atoms with Gasteiger partial charge in [-0.1, -0.05) is 20.3 Å². The third-order valence-electron chi connectivity index (χ3n) is 3.85. The minimum Gasteiger partial charge on any atom is -0.382 e. The lowest BCUT2D eigenvalue weighted by Crippen LogP contribution is -2.31. The summed E-state index contributed by atoms with van der Waals surface area (Å²) in [6, 6.07) is 5.19. The Hall–Kier alpha value is -1.58. The first-order chi connectivity index (χ1) is 9.35. The Bertz CT molecular complexity index is 499. The van der Waals surface area contributed by atoms with Crippen LogP contribution in [0.3, 0.4) is 0 Å². The van der Waals surface area contributed by atoms with Gasteiger partial charge >= 0.3 is 0 Å². The van der Waals surface area contributed by atoms with Gasteiger partial charge in [-0.25, -0.2) is 4.39 Å². The van der Waals surface area contributed by atoms with Crippen LogP contribution < -0.4 is 10.6 Å². The second kappa shape index (κ2) is 5.81. The summed E-state index contributed by atoms with van der Waals surface area (Å²) < 4.78 is 13.6. The standard InChI is InChI=1S/C16H23FN2O/c1-11(20)18-15-9-12(6-7-14(15)17)19-13-5-4-8-16(2,3)10-13/h6-7,9,13,19H,4-5,8,10H2,1-3H3,(H,18,20). The molecule has 1 fully saturated rings. The third kappa shape index (κ3) is 3.95. The van der Waals surface area contributed by atoms with Gasteiger partial charge in [0.2, 0.25) is 5.91 Å². The number of hydrogen-bond acceptors (Lipinski definition) is 2. The highest BCUT2D eigenvalue weighted by molar-refractivity contribution is 5.89. The van der Waals surface area contributed by atoms with Crippen molar-refractivity contribution in [2.24, 2.45) is 5.41 Å². The van der Waals surface area contributed by atoms with Gasteiger partial charge in [-0.05, 0) is 42.9 Å². The fourth-order valence-electron chi connectivity index (χ4n) is 2.96. The molecule has 0 heterocycles. The molecule has 0 bridgehead atoms. The van der Waals surface area contributed by atoms with Crippen molar-refractivity contribution in [3.8, 4) is 0 Å². The topological polar surface area (TPSA) is 41.1 Å². The minimum absolute atomic E-state index is 0.234. The summed E-state index contributed by atoms with van der Waals surface area (Å²) in [6.45, 7) is 5.95. The number of benzene rings is 1. The zero-order valence-electron chi connectivity index (χ0n) is 12.4. The van der Waals surface area contributed by atoms with Crippen LogP contribution in [0.4, 0.5) is 15.8 Å². The van der Waals surface area contributed by atoms with Gasteiger partial charge in [0.25, 0.3) is 0 Å². The highest BCUT2D eigenvalue weighted by atomic mass is 19.1. The zero-order chi connectivity index (χ0) is 14.8. The molecule has 1 amide bonds. The molecule has 1 saturated carbocycles. The molecule has 3 nitrogen and oxygen atoms in total. The van der Waals surface area contributed by atoms with Gasteiger partial charge < -0.3 is 10.6 Å². The van der Waals surface area contributed by atoms with Crippen LogP contribution in [0.25, 0.3) is 0 Å². The normalized spacial score (nSPS) is 21.3. The maximum absolute atomic E-state index is 13.6. The molecule has 1 aliphatic carbocycles. The summed E-state index contributed by atoms with van der Waals surface area (Å²) in [5.41, 5.74) is 1.45. The average Bonchev–Trinajstić information content (AvgIpc) is 2.31. The molecule has 1 aromatic rings. The van der Waals surface area contributed by atoms with E-state index in [1.54, 1.807) is 12.1 Å². The van der Waals surface area contributed by atoms with Crippen molar-refractivity contribution in [2.45, 2.75) is 52.5 Å². The van der Waals surface area contributed by atoms with E-state index in [0.29, 0.717) is 11.5 Å². The van der Waals surface area contributed by atoms with Crippen LogP contribution in [-0.2, 0) is 4.79 Å². The summed E-state index contributed by atoms with van der Waals surface area (Å²) in [6.07, 6.45) is 4.71. The molecular formula is C16H23FN2O. The smallest absolute Gasteiger partial charge is 0.221 e. The van der Waals surface area contributed by atoms with Crippen molar-refractivity contribution < 1.29 is 9.18 Å². The number of amides is 1. The first-order valence-corrected chi connectivity index (χ1v) is 7.19. The fourth-order valence-corrected chi connectivity index (χ4v) is 2.96. The van der Waals surface area contributed by atoms with Gasteiger partial charge in [0.1, 0.15) is 5.82 Å². The van der Waals surface area contributed by atoms with Crippen molar-refractivity contribution in [3.05, 3.63) is 24.0 Å². The highest BCUT2D eigenvalue weighted by Crippen LogP contribution is 2.36. The summed E-state index contributed by atoms with van der Waals surface area (Å²) in [4.78, 5) is 11.1. The van der Waals surface area contributed by atoms with Crippen molar-refractivity contribution in [1.29, 1.82) is 0 Å². The van der Waals surface area contributed by atoms with E-state index < -0.39 is 5.82 Å². The molecule has 110 valence electrons. The summed E-state index contributed by atoms with van der Waals surface area (Å²) >= 11 is 0. The molecule has 1 aliphatic rings. The molecule has 0 aromatic heterocycles. The number of carbonyl (C=O) groups is 1. The van der Waals surface area contributed by atoms with Crippen molar-refractivity contribution in [2.75, 3.05) is 10.6 Å². The third-order valence-corrected chi connectivity index (χ3v) is 3.85. The van der Waals surface area contributed by atoms with Gasteiger partial charge in [-0.2, -0.15) is 0 Å². The molecule has 2 N–H and O–H groups in total. The Morgan fingerprint density at radius 3 is 2.80 bits per heavy atom. The Kier molecular flexibility index (Phi) is 4.31. The van der Waals surface area contributed by atoms with Crippen molar-refractivity contribution in [1.82, 2.24) is 0 Å². The number of carbonyl (C=O) groups excluding carboxylic acids is 1. The van der Waals surface area contributed by atoms with E-state index >= 15 is 0 Å². The molecule has 20 heavy (non-hydrogen) atoms. The highest BCUT2D eigenvalue weighted by Gasteiger charge is 2.27. The van der Waals surface area contributed by atoms with Crippen LogP contribution in [0.2, 0.25) is 0 Å². The van der Waals surface area contributed by atoms with Crippen LogP contribution in [0, 0.1) is 11.2 Å². The summed E-state index contributed by atoms with van der Waals surface area (Å²) in [5, 5.41) is 5.97. The lowest BCUT2D eigenvalue weighted by molar-refractivity contribution is -0.114. The second-order valence-corrected chi connectivity index (χ2v) is 6.48. The van der Waals surface area contributed by atoms with Gasteiger partial charge in [0.05, 0.1) is 5.69 Å². The molecule has 4 heteroatoms. The molecule has 1 unspecified atom stereocenters. The Morgan fingerprint density at radius 2 is 2.15 bits per heavy atom. The molecule has 0 spiro atoms. The van der Waals surface area contributed by atoms with E-state index in [1.165, 1.54) is 25.8 Å². The molecule has 2 rings (SSSR count). The maximum atomic E-state index is 13.6. The monoisotopic (exact) mass is 278 g/mol. The average molecular weight is 278 g/mol. The second-order valence-electron chi connectivity index (χ2n) is 6.48. The Balaban J connectivity index is 2.07. The number of hydrogen-bond donors (Lipinski definition) is 2. The predicted molar refractivity (Wildman–Crippen MR) is 80.4 cm³/mol. The van der Waals surface area contributed by atoms with E-state index in [9.17, 15) is 9.18 Å². The minimum atomic E-state index is -0.408. The first-order valence-electron chi connectivity index (χ1n) is 7.19. The predicted octanol–water partition coefficient (Wildman–Crippen LogP) is 4.16. The van der Waals surface area contributed by atoms with E-state index in [0.717, 1.165) is 18.5 Å². The van der Waals surface area contributed by atoms with Crippen LogP contribution in [0.5, 0.6) is 0 Å². The fraction of sp³-hybridized carbons (Fsp3) is 0.562. The van der Waals surface area contributed by atoms with E-state index in [2.05, 4.69) is 24.5 Å². The molecule has 0 aliphatic heterocycles. The lowest BCUT2D eigenvalue weighted by Gasteiger charge is -2.36. The number of anilines is 2. The molecule has 0 radical (unpaired) electrons. The number of rotatable bonds is 3. The number of nitrogens with one attached hydrogen (secondary N) is 2. The molecule has 0 saturated heterocycles. The van der Waals surface area contributed by atoms with Crippen LogP contribution >= 0.6 is 0 Å². The van der Waals surface area contributed by atoms with Crippen LogP contribution in [-0.4, -0.2) is 11.9 Å². The Labute approximate surface area is 120 Å².